The van der Waals surface area contributed by atoms with Crippen LogP contribution >= 0.6 is 0 Å². The minimum Gasteiger partial charge on any atom is -0.480 e. The van der Waals surface area contributed by atoms with Gasteiger partial charge in [0.1, 0.15) is 17.8 Å². The summed E-state index contributed by atoms with van der Waals surface area (Å²) < 4.78 is 0. The average Bonchev–Trinajstić information content (AvgIpc) is 2.33. The highest BCUT2D eigenvalue weighted by atomic mass is 16.4. The van der Waals surface area contributed by atoms with Crippen molar-refractivity contribution in [2.75, 3.05) is 0 Å². The zero-order chi connectivity index (χ0) is 15.5. The predicted molar refractivity (Wildman–Crippen MR) is 72.0 cm³/mol. The number of aromatic nitrogens is 1. The average molecular weight is 275 g/mol. The van der Waals surface area contributed by atoms with E-state index in [-0.39, 0.29) is 5.69 Å². The Bertz CT molecular complexity index is 582. The molecule has 0 unspecified atom stereocenters. The number of hydrogen-bond acceptors (Lipinski definition) is 4. The summed E-state index contributed by atoms with van der Waals surface area (Å²) in [5.74, 6) is -1.67. The number of carbonyl (C=O) groups excluding carboxylic acids is 1. The summed E-state index contributed by atoms with van der Waals surface area (Å²) in [6.07, 6.45) is 0. The minimum atomic E-state index is -1.10. The third-order valence-corrected chi connectivity index (χ3v) is 2.83. The Kier molecular flexibility index (Phi) is 4.45. The van der Waals surface area contributed by atoms with Crippen LogP contribution < -0.4 is 5.32 Å². The molecule has 6 nitrogen and oxygen atoms in total. The molecule has 6 heteroatoms. The minimum absolute atomic E-state index is 0.0944. The second-order valence-corrected chi connectivity index (χ2v) is 5.55. The number of aryl methyl sites for hydroxylation is 1. The van der Waals surface area contributed by atoms with E-state index >= 15 is 0 Å². The molecule has 0 saturated heterocycles. The van der Waals surface area contributed by atoms with Crippen LogP contribution in [0.3, 0.4) is 0 Å². The van der Waals surface area contributed by atoms with E-state index in [0.717, 1.165) is 0 Å². The monoisotopic (exact) mass is 275 g/mol. The van der Waals surface area contributed by atoms with Crippen molar-refractivity contribution in [2.45, 2.75) is 33.7 Å². The fraction of sp³-hybridized carbons (Fsp3) is 0.429. The van der Waals surface area contributed by atoms with Crippen LogP contribution in [-0.4, -0.2) is 28.0 Å². The molecular formula is C14H17N3O3. The third-order valence-electron chi connectivity index (χ3n) is 2.83. The Morgan fingerprint density at radius 3 is 2.40 bits per heavy atom. The molecule has 1 heterocycles. The highest BCUT2D eigenvalue weighted by molar-refractivity contribution is 5.95. The SMILES string of the molecule is Cc1nc(C(=O)N[C@@H](C(=O)O)C(C)(C)C)ccc1C#N. The molecule has 0 radical (unpaired) electrons. The number of carbonyl (C=O) groups is 2. The molecule has 1 amide bonds. The van der Waals surface area contributed by atoms with E-state index in [1.807, 2.05) is 6.07 Å². The summed E-state index contributed by atoms with van der Waals surface area (Å²) in [4.78, 5) is 27.3. The fourth-order valence-corrected chi connectivity index (χ4v) is 1.66. The normalized spacial score (nSPS) is 12.3. The number of carboxylic acid groups (broad SMARTS) is 1. The lowest BCUT2D eigenvalue weighted by Crippen LogP contribution is -2.49. The molecule has 1 atom stereocenters. The molecule has 0 bridgehead atoms. The van der Waals surface area contributed by atoms with Gasteiger partial charge in [0, 0.05) is 0 Å². The summed E-state index contributed by atoms with van der Waals surface area (Å²) in [5.41, 5.74) is 0.287. The van der Waals surface area contributed by atoms with Gasteiger partial charge < -0.3 is 10.4 Å². The highest BCUT2D eigenvalue weighted by Crippen LogP contribution is 2.19. The Labute approximate surface area is 117 Å². The van der Waals surface area contributed by atoms with Gasteiger partial charge in [-0.15, -0.1) is 0 Å². The summed E-state index contributed by atoms with van der Waals surface area (Å²) in [6.45, 7) is 6.80. The van der Waals surface area contributed by atoms with E-state index in [0.29, 0.717) is 11.3 Å². The van der Waals surface area contributed by atoms with E-state index in [4.69, 9.17) is 10.4 Å². The number of amides is 1. The van der Waals surface area contributed by atoms with Crippen LogP contribution in [0.5, 0.6) is 0 Å². The summed E-state index contributed by atoms with van der Waals surface area (Å²) in [6, 6.07) is 3.83. The van der Waals surface area contributed by atoms with Crippen LogP contribution in [0.2, 0.25) is 0 Å². The smallest absolute Gasteiger partial charge is 0.326 e. The lowest BCUT2D eigenvalue weighted by molar-refractivity contribution is -0.142. The van der Waals surface area contributed by atoms with Crippen LogP contribution in [0, 0.1) is 23.7 Å². The largest absolute Gasteiger partial charge is 0.480 e. The maximum atomic E-state index is 12.0. The van der Waals surface area contributed by atoms with Gasteiger partial charge in [0.15, 0.2) is 0 Å². The van der Waals surface area contributed by atoms with E-state index in [2.05, 4.69) is 10.3 Å². The molecule has 0 spiro atoms. The second-order valence-electron chi connectivity index (χ2n) is 5.55. The second kappa shape index (κ2) is 5.70. The van der Waals surface area contributed by atoms with Gasteiger partial charge in [0.2, 0.25) is 0 Å². The number of nitrogens with zero attached hydrogens (tertiary/aromatic N) is 2. The Hall–Kier alpha value is -2.42. The lowest BCUT2D eigenvalue weighted by Gasteiger charge is -2.27. The number of nitriles is 1. The van der Waals surface area contributed by atoms with Gasteiger partial charge in [-0.25, -0.2) is 9.78 Å². The van der Waals surface area contributed by atoms with Crippen molar-refractivity contribution >= 4 is 11.9 Å². The van der Waals surface area contributed by atoms with Crippen molar-refractivity contribution in [3.8, 4) is 6.07 Å². The fourth-order valence-electron chi connectivity index (χ4n) is 1.66. The summed E-state index contributed by atoms with van der Waals surface area (Å²) in [7, 11) is 0. The van der Waals surface area contributed by atoms with Crippen molar-refractivity contribution in [3.05, 3.63) is 29.1 Å². The number of nitrogens with one attached hydrogen (secondary N) is 1. The Morgan fingerprint density at radius 2 is 2.00 bits per heavy atom. The zero-order valence-electron chi connectivity index (χ0n) is 11.9. The highest BCUT2D eigenvalue weighted by Gasteiger charge is 2.33. The molecule has 2 N–H and O–H groups in total. The van der Waals surface area contributed by atoms with Crippen molar-refractivity contribution in [1.82, 2.24) is 10.3 Å². The first-order valence-electron chi connectivity index (χ1n) is 6.08. The van der Waals surface area contributed by atoms with Gasteiger partial charge in [-0.3, -0.25) is 4.79 Å². The molecule has 20 heavy (non-hydrogen) atoms. The zero-order valence-corrected chi connectivity index (χ0v) is 11.9. The summed E-state index contributed by atoms with van der Waals surface area (Å²) in [5, 5.41) is 20.4. The molecule has 1 aromatic heterocycles. The molecule has 0 aliphatic rings. The molecule has 0 aliphatic heterocycles. The number of pyridine rings is 1. The van der Waals surface area contributed by atoms with Gasteiger partial charge in [-0.05, 0) is 24.5 Å². The van der Waals surface area contributed by atoms with Crippen molar-refractivity contribution < 1.29 is 14.7 Å². The Morgan fingerprint density at radius 1 is 1.40 bits per heavy atom. The molecule has 0 fully saturated rings. The quantitative estimate of drug-likeness (QED) is 0.869. The van der Waals surface area contributed by atoms with E-state index in [1.54, 1.807) is 27.7 Å². The van der Waals surface area contributed by atoms with Gasteiger partial charge in [-0.2, -0.15) is 5.26 Å². The number of aliphatic carboxylic acids is 1. The van der Waals surface area contributed by atoms with Gasteiger partial charge in [0.05, 0.1) is 11.3 Å². The molecule has 106 valence electrons. The maximum absolute atomic E-state index is 12.0. The van der Waals surface area contributed by atoms with E-state index in [1.165, 1.54) is 12.1 Å². The van der Waals surface area contributed by atoms with Crippen molar-refractivity contribution in [3.63, 3.8) is 0 Å². The first-order valence-corrected chi connectivity index (χ1v) is 6.08. The van der Waals surface area contributed by atoms with E-state index < -0.39 is 23.3 Å². The van der Waals surface area contributed by atoms with E-state index in [9.17, 15) is 9.59 Å². The van der Waals surface area contributed by atoms with Gasteiger partial charge in [0.25, 0.3) is 5.91 Å². The van der Waals surface area contributed by atoms with Crippen LogP contribution in [0.4, 0.5) is 0 Å². The van der Waals surface area contributed by atoms with Crippen LogP contribution in [0.1, 0.15) is 42.5 Å². The number of carboxylic acids is 1. The molecule has 1 rings (SSSR count). The van der Waals surface area contributed by atoms with Crippen LogP contribution in [-0.2, 0) is 4.79 Å². The van der Waals surface area contributed by atoms with Crippen molar-refractivity contribution in [2.24, 2.45) is 5.41 Å². The van der Waals surface area contributed by atoms with Crippen molar-refractivity contribution in [1.29, 1.82) is 5.26 Å². The molecule has 1 aromatic rings. The molecule has 0 aliphatic carbocycles. The van der Waals surface area contributed by atoms with Gasteiger partial charge in [-0.1, -0.05) is 20.8 Å². The van der Waals surface area contributed by atoms with Gasteiger partial charge >= 0.3 is 5.97 Å². The molecular weight excluding hydrogens is 258 g/mol. The Balaban J connectivity index is 2.99. The topological polar surface area (TPSA) is 103 Å². The first-order chi connectivity index (χ1) is 9.16. The maximum Gasteiger partial charge on any atom is 0.326 e. The predicted octanol–water partition coefficient (Wildman–Crippen LogP) is 1.49. The number of rotatable bonds is 3. The third kappa shape index (κ3) is 3.54. The standard InChI is InChI=1S/C14H17N3O3/c1-8-9(7-15)5-6-10(16-8)12(18)17-11(13(19)20)14(2,3)4/h5-6,11H,1-4H3,(H,17,18)(H,19,20)/t11-/m0/s1. The van der Waals surface area contributed by atoms with Crippen LogP contribution in [0.25, 0.3) is 0 Å². The van der Waals surface area contributed by atoms with Crippen LogP contribution in [0.15, 0.2) is 12.1 Å². The molecule has 0 aromatic carbocycles. The number of hydrogen-bond donors (Lipinski definition) is 2. The molecule has 0 saturated carbocycles. The summed E-state index contributed by atoms with van der Waals surface area (Å²) >= 11 is 0. The first kappa shape index (κ1) is 15.6. The lowest BCUT2D eigenvalue weighted by atomic mass is 9.86.